The van der Waals surface area contributed by atoms with Gasteiger partial charge in [-0.05, 0) is 53.5 Å². The van der Waals surface area contributed by atoms with Crippen LogP contribution in [0, 0.1) is 22.0 Å². The van der Waals surface area contributed by atoms with Crippen LogP contribution in [0.1, 0.15) is 47.4 Å². The lowest BCUT2D eigenvalue weighted by molar-refractivity contribution is -0.384. The maximum absolute atomic E-state index is 11.1. The summed E-state index contributed by atoms with van der Waals surface area (Å²) in [7, 11) is 0. The van der Waals surface area contributed by atoms with E-state index in [0.717, 1.165) is 19.4 Å². The minimum Gasteiger partial charge on any atom is -0.363 e. The van der Waals surface area contributed by atoms with E-state index in [0.29, 0.717) is 23.7 Å². The number of allylic oxidation sites excluding steroid dienone is 4. The van der Waals surface area contributed by atoms with Crippen LogP contribution in [-0.2, 0) is 0 Å². The zero-order valence-electron chi connectivity index (χ0n) is 15.9. The van der Waals surface area contributed by atoms with Gasteiger partial charge in [-0.2, -0.15) is 0 Å². The summed E-state index contributed by atoms with van der Waals surface area (Å²) >= 11 is 3.77. The summed E-state index contributed by atoms with van der Waals surface area (Å²) in [6.07, 6.45) is 11.6. The van der Waals surface area contributed by atoms with E-state index in [2.05, 4.69) is 57.3 Å². The van der Waals surface area contributed by atoms with Gasteiger partial charge in [0, 0.05) is 40.7 Å². The molecule has 4 aliphatic rings. The van der Waals surface area contributed by atoms with E-state index < -0.39 is 0 Å². The minimum absolute atomic E-state index is 0.161. The first-order chi connectivity index (χ1) is 14.1. The van der Waals surface area contributed by atoms with Gasteiger partial charge in [0.15, 0.2) is 0 Å². The van der Waals surface area contributed by atoms with E-state index in [4.69, 9.17) is 0 Å². The zero-order chi connectivity index (χ0) is 19.7. The third-order valence-electron chi connectivity index (χ3n) is 7.26. The molecule has 0 spiro atoms. The van der Waals surface area contributed by atoms with Crippen LogP contribution in [-0.4, -0.2) is 11.5 Å². The molecule has 0 fully saturated rings. The lowest BCUT2D eigenvalue weighted by atomic mass is 9.71. The Morgan fingerprint density at radius 2 is 1.69 bits per heavy atom. The van der Waals surface area contributed by atoms with Crippen LogP contribution in [0.4, 0.5) is 11.4 Å². The number of nitro groups is 1. The van der Waals surface area contributed by atoms with E-state index in [1.165, 1.54) is 26.9 Å². The van der Waals surface area contributed by atoms with Gasteiger partial charge in [-0.15, -0.1) is 0 Å². The Kier molecular flexibility index (Phi) is 3.79. The molecule has 146 valence electrons. The van der Waals surface area contributed by atoms with Gasteiger partial charge in [0.2, 0.25) is 0 Å². The number of anilines is 1. The van der Waals surface area contributed by atoms with Crippen molar-refractivity contribution < 1.29 is 4.92 Å². The fourth-order valence-corrected chi connectivity index (χ4v) is 6.60. The van der Waals surface area contributed by atoms with Crippen molar-refractivity contribution in [3.8, 4) is 0 Å². The summed E-state index contributed by atoms with van der Waals surface area (Å²) in [5, 5.41) is 11.1. The average molecular weight is 449 g/mol. The number of hydrogen-bond donors (Lipinski definition) is 0. The lowest BCUT2D eigenvalue weighted by Gasteiger charge is -2.51. The first-order valence-corrected chi connectivity index (χ1v) is 11.1. The van der Waals surface area contributed by atoms with Crippen molar-refractivity contribution >= 4 is 27.3 Å². The number of hydrogen-bond acceptors (Lipinski definition) is 3. The van der Waals surface area contributed by atoms with Gasteiger partial charge in [-0.1, -0.05) is 52.4 Å². The van der Waals surface area contributed by atoms with Gasteiger partial charge < -0.3 is 4.90 Å². The third kappa shape index (κ3) is 2.49. The van der Waals surface area contributed by atoms with Crippen LogP contribution in [0.15, 0.2) is 65.2 Å². The summed E-state index contributed by atoms with van der Waals surface area (Å²) < 4.78 is 1.17. The molecular weight excluding hydrogens is 428 g/mol. The van der Waals surface area contributed by atoms with Crippen molar-refractivity contribution in [1.29, 1.82) is 0 Å². The van der Waals surface area contributed by atoms with Crippen LogP contribution >= 0.6 is 15.9 Å². The molecule has 0 amide bonds. The molecule has 2 aliphatic carbocycles. The van der Waals surface area contributed by atoms with E-state index in [-0.39, 0.29) is 16.7 Å². The number of fused-ring (bicyclic) bond motifs is 4. The molecule has 6 rings (SSSR count). The van der Waals surface area contributed by atoms with Crippen molar-refractivity contribution in [3.05, 3.63) is 92.0 Å². The fourth-order valence-electron chi connectivity index (χ4n) is 6.11. The van der Waals surface area contributed by atoms with Gasteiger partial charge in [0.25, 0.3) is 5.69 Å². The third-order valence-corrected chi connectivity index (χ3v) is 7.72. The van der Waals surface area contributed by atoms with E-state index in [1.54, 1.807) is 12.1 Å². The lowest BCUT2D eigenvalue weighted by Crippen LogP contribution is -2.46. The molecule has 2 aliphatic heterocycles. The Bertz CT molecular complexity index is 1060. The molecule has 29 heavy (non-hydrogen) atoms. The van der Waals surface area contributed by atoms with E-state index >= 15 is 0 Å². The average Bonchev–Trinajstić information content (AvgIpc) is 3.37. The van der Waals surface area contributed by atoms with Crippen LogP contribution in [0.2, 0.25) is 0 Å². The molecular formula is C24H21BrN2O2. The topological polar surface area (TPSA) is 46.4 Å². The highest BCUT2D eigenvalue weighted by Crippen LogP contribution is 2.59. The first-order valence-electron chi connectivity index (χ1n) is 10.3. The van der Waals surface area contributed by atoms with Crippen molar-refractivity contribution in [3.63, 3.8) is 0 Å². The number of nitro benzene ring substituents is 1. The Morgan fingerprint density at radius 1 is 1.00 bits per heavy atom. The van der Waals surface area contributed by atoms with Crippen molar-refractivity contribution in [2.75, 3.05) is 11.4 Å². The Hall–Kier alpha value is -2.40. The Morgan fingerprint density at radius 3 is 2.45 bits per heavy atom. The largest absolute Gasteiger partial charge is 0.363 e. The normalized spacial score (nSPS) is 30.8. The number of halogens is 1. The van der Waals surface area contributed by atoms with Gasteiger partial charge in [0.05, 0.1) is 11.0 Å². The maximum Gasteiger partial charge on any atom is 0.269 e. The van der Waals surface area contributed by atoms with Gasteiger partial charge in [-0.3, -0.25) is 10.1 Å². The molecule has 2 aromatic rings. The molecule has 4 nitrogen and oxygen atoms in total. The number of non-ortho nitro benzene ring substituents is 1. The highest BCUT2D eigenvalue weighted by molar-refractivity contribution is 9.10. The van der Waals surface area contributed by atoms with Crippen molar-refractivity contribution in [1.82, 2.24) is 0 Å². The molecule has 0 bridgehead atoms. The molecule has 5 heteroatoms. The highest BCUT2D eigenvalue weighted by atomic mass is 79.9. The predicted molar refractivity (Wildman–Crippen MR) is 117 cm³/mol. The molecule has 0 N–H and O–H groups in total. The van der Waals surface area contributed by atoms with Crippen LogP contribution in [0.25, 0.3) is 0 Å². The quantitative estimate of drug-likeness (QED) is 0.309. The highest BCUT2D eigenvalue weighted by Gasteiger charge is 2.47. The molecule has 2 heterocycles. The van der Waals surface area contributed by atoms with E-state index in [1.807, 2.05) is 12.1 Å². The fraction of sp³-hybridized carbons (Fsp3) is 0.333. The molecule has 0 aromatic heterocycles. The second-order valence-electron chi connectivity index (χ2n) is 8.68. The zero-order valence-corrected chi connectivity index (χ0v) is 17.5. The SMILES string of the molecule is O=[N+]([O-])c1ccc([C@@H]2[C@@H]3CC=C[C@@H]3c3cc(Br)cc4c3N2C[C@@H]2CC=C[C@H]42)cc1. The molecule has 0 saturated carbocycles. The molecule has 0 unspecified atom stereocenters. The Labute approximate surface area is 178 Å². The molecule has 0 radical (unpaired) electrons. The molecule has 5 atom stereocenters. The summed E-state index contributed by atoms with van der Waals surface area (Å²) in [4.78, 5) is 13.5. The summed E-state index contributed by atoms with van der Waals surface area (Å²) in [6, 6.07) is 12.1. The monoisotopic (exact) mass is 448 g/mol. The van der Waals surface area contributed by atoms with Crippen LogP contribution < -0.4 is 4.90 Å². The molecule has 2 aromatic carbocycles. The van der Waals surface area contributed by atoms with Gasteiger partial charge in [0.1, 0.15) is 0 Å². The predicted octanol–water partition coefficient (Wildman–Crippen LogP) is 6.25. The smallest absolute Gasteiger partial charge is 0.269 e. The minimum atomic E-state index is -0.314. The number of rotatable bonds is 2. The van der Waals surface area contributed by atoms with Crippen LogP contribution in [0.3, 0.4) is 0 Å². The Balaban J connectivity index is 1.54. The molecule has 0 saturated heterocycles. The van der Waals surface area contributed by atoms with Crippen molar-refractivity contribution in [2.24, 2.45) is 11.8 Å². The second kappa shape index (κ2) is 6.30. The first kappa shape index (κ1) is 17.5. The van der Waals surface area contributed by atoms with E-state index in [9.17, 15) is 10.1 Å². The van der Waals surface area contributed by atoms with Gasteiger partial charge in [-0.25, -0.2) is 0 Å². The van der Waals surface area contributed by atoms with Gasteiger partial charge >= 0.3 is 0 Å². The summed E-state index contributed by atoms with van der Waals surface area (Å²) in [5.41, 5.74) is 5.62. The number of nitrogens with zero attached hydrogens (tertiary/aromatic N) is 2. The van der Waals surface area contributed by atoms with Crippen molar-refractivity contribution in [2.45, 2.75) is 30.7 Å². The summed E-state index contributed by atoms with van der Waals surface area (Å²) in [6.45, 7) is 1.05. The summed E-state index contributed by atoms with van der Waals surface area (Å²) in [5.74, 6) is 1.98. The second-order valence-corrected chi connectivity index (χ2v) is 9.60. The maximum atomic E-state index is 11.1. The number of benzene rings is 2. The van der Waals surface area contributed by atoms with Crippen LogP contribution in [0.5, 0.6) is 0 Å². The standard InChI is InChI=1S/C24H21BrN2O2/c25-16-11-21-18-4-1-3-15(18)13-26-23(14-7-9-17(10-8-14)27(28)29)20-6-2-5-19(20)22(12-16)24(21)26/h1-2,4-5,7-12,15,18-20,23H,3,6,13H2/t15-,18-,19-,20+,23+/m0/s1.